The average Bonchev–Trinajstić information content (AvgIpc) is 2.48. The van der Waals surface area contributed by atoms with Gasteiger partial charge in [-0.05, 0) is 55.9 Å². The molecule has 1 aromatic heterocycles. The van der Waals surface area contributed by atoms with E-state index < -0.39 is 0 Å². The minimum atomic E-state index is -0.300. The van der Waals surface area contributed by atoms with Crippen molar-refractivity contribution in [1.82, 2.24) is 4.98 Å². The lowest BCUT2D eigenvalue weighted by molar-refractivity contribution is -0.116. The van der Waals surface area contributed by atoms with Crippen LogP contribution in [0.1, 0.15) is 43.9 Å². The number of halogens is 1. The maximum absolute atomic E-state index is 13.6. The summed E-state index contributed by atoms with van der Waals surface area (Å²) >= 11 is 0. The predicted molar refractivity (Wildman–Crippen MR) is 81.9 cm³/mol. The second-order valence-electron chi connectivity index (χ2n) is 5.58. The number of nitrogens with one attached hydrogen (secondary N) is 1. The zero-order chi connectivity index (χ0) is 14.8. The molecule has 1 aliphatic rings. The van der Waals surface area contributed by atoms with Crippen molar-refractivity contribution in [3.05, 3.63) is 35.3 Å². The second-order valence-corrected chi connectivity index (χ2v) is 5.58. The van der Waals surface area contributed by atoms with Crippen LogP contribution in [0.3, 0.4) is 0 Å². The fourth-order valence-electron chi connectivity index (χ4n) is 2.97. The van der Waals surface area contributed by atoms with Gasteiger partial charge in [0.1, 0.15) is 5.82 Å². The van der Waals surface area contributed by atoms with Gasteiger partial charge >= 0.3 is 0 Å². The van der Waals surface area contributed by atoms with Gasteiger partial charge in [-0.3, -0.25) is 9.78 Å². The van der Waals surface area contributed by atoms with E-state index in [0.717, 1.165) is 54.6 Å². The highest BCUT2D eigenvalue weighted by Gasteiger charge is 2.19. The Balaban J connectivity index is 2.16. The van der Waals surface area contributed by atoms with E-state index in [0.29, 0.717) is 11.8 Å². The number of hydrogen-bond acceptors (Lipinski definition) is 2. The summed E-state index contributed by atoms with van der Waals surface area (Å²) in [5, 5.41) is 3.70. The summed E-state index contributed by atoms with van der Waals surface area (Å²) in [6, 6.07) is 4.58. The highest BCUT2D eigenvalue weighted by Crippen LogP contribution is 2.33. The second kappa shape index (κ2) is 5.80. The maximum atomic E-state index is 13.6. The minimum absolute atomic E-state index is 0.0120. The van der Waals surface area contributed by atoms with Crippen molar-refractivity contribution in [2.75, 3.05) is 5.32 Å². The van der Waals surface area contributed by atoms with Crippen LogP contribution in [-0.2, 0) is 17.6 Å². The summed E-state index contributed by atoms with van der Waals surface area (Å²) < 4.78 is 13.6. The Bertz CT molecular complexity index is 697. The summed E-state index contributed by atoms with van der Waals surface area (Å²) in [4.78, 5) is 16.7. The number of benzene rings is 1. The number of carbonyl (C=O) groups excluding carboxylic acids is 1. The number of rotatable bonds is 3. The third-order valence-corrected chi connectivity index (χ3v) is 3.97. The molecule has 110 valence electrons. The molecule has 21 heavy (non-hydrogen) atoms. The Kier molecular flexibility index (Phi) is 3.86. The fraction of sp³-hybridized carbons (Fsp3) is 0.412. The number of nitrogens with zero attached hydrogens (tertiary/aromatic N) is 1. The standard InChI is InChI=1S/C17H19FN2O/c1-2-5-16(21)20-17-12-6-3-4-7-14(12)19-15-9-8-11(18)10-13(15)17/h8-10H,2-7H2,1H3,(H,19,20,21). The van der Waals surface area contributed by atoms with Gasteiger partial charge < -0.3 is 5.32 Å². The first-order chi connectivity index (χ1) is 10.2. The zero-order valence-electron chi connectivity index (χ0n) is 12.2. The number of hydrogen-bond donors (Lipinski definition) is 1. The SMILES string of the molecule is CCCC(=O)Nc1c2c(nc3ccc(F)cc13)CCCC2. The van der Waals surface area contributed by atoms with Gasteiger partial charge in [-0.1, -0.05) is 6.92 Å². The van der Waals surface area contributed by atoms with Gasteiger partial charge in [-0.2, -0.15) is 0 Å². The molecule has 0 spiro atoms. The van der Waals surface area contributed by atoms with Crippen molar-refractivity contribution >= 4 is 22.5 Å². The quantitative estimate of drug-likeness (QED) is 0.927. The molecule has 1 aromatic carbocycles. The van der Waals surface area contributed by atoms with Crippen molar-refractivity contribution in [2.45, 2.75) is 45.4 Å². The molecule has 1 amide bonds. The van der Waals surface area contributed by atoms with Gasteiger partial charge in [-0.15, -0.1) is 0 Å². The summed E-state index contributed by atoms with van der Waals surface area (Å²) in [6.45, 7) is 1.97. The molecule has 0 radical (unpaired) electrons. The molecule has 0 fully saturated rings. The number of pyridine rings is 1. The topological polar surface area (TPSA) is 42.0 Å². The zero-order valence-corrected chi connectivity index (χ0v) is 12.2. The van der Waals surface area contributed by atoms with Crippen LogP contribution >= 0.6 is 0 Å². The Morgan fingerprint density at radius 1 is 1.33 bits per heavy atom. The van der Waals surface area contributed by atoms with E-state index in [4.69, 9.17) is 0 Å². The summed E-state index contributed by atoms with van der Waals surface area (Å²) in [7, 11) is 0. The molecule has 1 N–H and O–H groups in total. The van der Waals surface area contributed by atoms with E-state index in [1.165, 1.54) is 12.1 Å². The predicted octanol–water partition coefficient (Wildman–Crippen LogP) is 3.99. The van der Waals surface area contributed by atoms with Crippen LogP contribution in [0.4, 0.5) is 10.1 Å². The van der Waals surface area contributed by atoms with Gasteiger partial charge in [0.25, 0.3) is 0 Å². The number of aromatic nitrogens is 1. The summed E-state index contributed by atoms with van der Waals surface area (Å²) in [5.74, 6) is -0.312. The number of anilines is 1. The smallest absolute Gasteiger partial charge is 0.224 e. The largest absolute Gasteiger partial charge is 0.325 e. The molecule has 0 bridgehead atoms. The normalized spacial score (nSPS) is 14.0. The van der Waals surface area contributed by atoms with Crippen molar-refractivity contribution in [3.8, 4) is 0 Å². The first-order valence-corrected chi connectivity index (χ1v) is 7.60. The van der Waals surface area contributed by atoms with Gasteiger partial charge in [0.15, 0.2) is 0 Å². The molecule has 0 atom stereocenters. The van der Waals surface area contributed by atoms with Crippen LogP contribution in [-0.4, -0.2) is 10.9 Å². The lowest BCUT2D eigenvalue weighted by Gasteiger charge is -2.21. The van der Waals surface area contributed by atoms with Crippen LogP contribution in [0.2, 0.25) is 0 Å². The lowest BCUT2D eigenvalue weighted by atomic mass is 9.92. The molecule has 1 aliphatic carbocycles. The molecular weight excluding hydrogens is 267 g/mol. The van der Waals surface area contributed by atoms with E-state index in [2.05, 4.69) is 10.3 Å². The van der Waals surface area contributed by atoms with E-state index in [-0.39, 0.29) is 11.7 Å². The number of aryl methyl sites for hydroxylation is 1. The molecular formula is C17H19FN2O. The third-order valence-electron chi connectivity index (χ3n) is 3.97. The minimum Gasteiger partial charge on any atom is -0.325 e. The Hall–Kier alpha value is -1.97. The summed E-state index contributed by atoms with van der Waals surface area (Å²) in [6.07, 6.45) is 5.32. The van der Waals surface area contributed by atoms with Crippen LogP contribution in [0.25, 0.3) is 10.9 Å². The number of fused-ring (bicyclic) bond motifs is 2. The fourth-order valence-corrected chi connectivity index (χ4v) is 2.97. The van der Waals surface area contributed by atoms with Gasteiger partial charge in [0, 0.05) is 17.5 Å². The Labute approximate surface area is 123 Å². The van der Waals surface area contributed by atoms with E-state index in [1.54, 1.807) is 6.07 Å². The molecule has 0 unspecified atom stereocenters. The van der Waals surface area contributed by atoms with Gasteiger partial charge in [-0.25, -0.2) is 4.39 Å². The van der Waals surface area contributed by atoms with Crippen molar-refractivity contribution < 1.29 is 9.18 Å². The molecule has 2 aromatic rings. The maximum Gasteiger partial charge on any atom is 0.224 e. The molecule has 4 heteroatoms. The highest BCUT2D eigenvalue weighted by molar-refractivity contribution is 6.02. The van der Waals surface area contributed by atoms with E-state index in [9.17, 15) is 9.18 Å². The first kappa shape index (κ1) is 14.0. The highest BCUT2D eigenvalue weighted by atomic mass is 19.1. The van der Waals surface area contributed by atoms with Crippen LogP contribution in [0, 0.1) is 5.82 Å². The van der Waals surface area contributed by atoms with Gasteiger partial charge in [0.05, 0.1) is 11.2 Å². The first-order valence-electron chi connectivity index (χ1n) is 7.60. The van der Waals surface area contributed by atoms with Crippen molar-refractivity contribution in [3.63, 3.8) is 0 Å². The van der Waals surface area contributed by atoms with E-state index >= 15 is 0 Å². The van der Waals surface area contributed by atoms with Gasteiger partial charge in [0.2, 0.25) is 5.91 Å². The van der Waals surface area contributed by atoms with Crippen LogP contribution in [0.5, 0.6) is 0 Å². The molecule has 0 saturated carbocycles. The van der Waals surface area contributed by atoms with E-state index in [1.807, 2.05) is 6.92 Å². The Morgan fingerprint density at radius 2 is 2.14 bits per heavy atom. The van der Waals surface area contributed by atoms with Crippen molar-refractivity contribution in [1.29, 1.82) is 0 Å². The average molecular weight is 286 g/mol. The number of amides is 1. The lowest BCUT2D eigenvalue weighted by Crippen LogP contribution is -2.16. The van der Waals surface area contributed by atoms with Crippen LogP contribution in [0.15, 0.2) is 18.2 Å². The molecule has 0 aliphatic heterocycles. The molecule has 1 heterocycles. The molecule has 3 nitrogen and oxygen atoms in total. The van der Waals surface area contributed by atoms with Crippen LogP contribution < -0.4 is 5.32 Å². The monoisotopic (exact) mass is 286 g/mol. The molecule has 3 rings (SSSR count). The number of carbonyl (C=O) groups is 1. The third kappa shape index (κ3) is 2.75. The summed E-state index contributed by atoms with van der Waals surface area (Å²) in [5.41, 5.74) is 3.66. The van der Waals surface area contributed by atoms with Crippen molar-refractivity contribution in [2.24, 2.45) is 0 Å². The molecule has 0 saturated heterocycles. The Morgan fingerprint density at radius 3 is 2.95 bits per heavy atom.